The van der Waals surface area contributed by atoms with Gasteiger partial charge in [0.25, 0.3) is 0 Å². The zero-order valence-electron chi connectivity index (χ0n) is 13.8. The molecule has 0 saturated heterocycles. The highest BCUT2D eigenvalue weighted by molar-refractivity contribution is 5.63. The number of phenols is 1. The molecule has 0 amide bonds. The van der Waals surface area contributed by atoms with Crippen LogP contribution in [0.15, 0.2) is 48.8 Å². The number of phenolic OH excluding ortho intramolecular Hbond substituents is 1. The van der Waals surface area contributed by atoms with Crippen molar-refractivity contribution in [2.24, 2.45) is 0 Å². The maximum Gasteiger partial charge on any atom is 0.115 e. The highest BCUT2D eigenvalue weighted by Crippen LogP contribution is 2.32. The quantitative estimate of drug-likeness (QED) is 0.772. The first-order valence-corrected chi connectivity index (χ1v) is 8.47. The number of nitrogens with one attached hydrogen (secondary N) is 1. The summed E-state index contributed by atoms with van der Waals surface area (Å²) in [6, 6.07) is 12.1. The van der Waals surface area contributed by atoms with Crippen LogP contribution in [0.3, 0.4) is 0 Å². The number of fused-ring (bicyclic) bond motifs is 1. The zero-order valence-corrected chi connectivity index (χ0v) is 13.8. The topological polar surface area (TPSA) is 57.1 Å². The Hall–Kier alpha value is -2.53. The smallest absolute Gasteiger partial charge is 0.115 e. The minimum Gasteiger partial charge on any atom is -0.508 e. The Morgan fingerprint density at radius 1 is 1.21 bits per heavy atom. The molecule has 2 N–H and O–H groups in total. The molecule has 1 aromatic carbocycles. The number of aromatic amines is 1. The number of aromatic nitrogens is 3. The van der Waals surface area contributed by atoms with Gasteiger partial charge in [0.2, 0.25) is 0 Å². The highest BCUT2D eigenvalue weighted by atomic mass is 16.3. The first-order chi connectivity index (χ1) is 11.8. The van der Waals surface area contributed by atoms with Gasteiger partial charge >= 0.3 is 0 Å². The highest BCUT2D eigenvalue weighted by Gasteiger charge is 2.26. The monoisotopic (exact) mass is 322 g/mol. The van der Waals surface area contributed by atoms with Crippen molar-refractivity contribution in [1.29, 1.82) is 0 Å². The number of nitrogens with zero attached hydrogens (tertiary/aromatic N) is 3. The van der Waals surface area contributed by atoms with Crippen LogP contribution in [0.1, 0.15) is 30.6 Å². The van der Waals surface area contributed by atoms with Gasteiger partial charge in [-0.2, -0.15) is 5.10 Å². The minimum absolute atomic E-state index is 0.280. The van der Waals surface area contributed by atoms with E-state index in [1.165, 1.54) is 11.3 Å². The van der Waals surface area contributed by atoms with Crippen molar-refractivity contribution in [1.82, 2.24) is 19.7 Å². The van der Waals surface area contributed by atoms with Crippen LogP contribution in [0, 0.1) is 0 Å². The first-order valence-electron chi connectivity index (χ1n) is 8.47. The molecule has 0 spiro atoms. The van der Waals surface area contributed by atoms with Gasteiger partial charge in [-0.05, 0) is 42.8 Å². The lowest BCUT2D eigenvalue weighted by Crippen LogP contribution is -2.37. The van der Waals surface area contributed by atoms with Crippen molar-refractivity contribution in [3.8, 4) is 17.0 Å². The van der Waals surface area contributed by atoms with Crippen molar-refractivity contribution in [3.63, 3.8) is 0 Å². The Labute approximate surface area is 141 Å². The van der Waals surface area contributed by atoms with Crippen molar-refractivity contribution in [2.45, 2.75) is 32.5 Å². The molecule has 0 aliphatic carbocycles. The Bertz CT molecular complexity index is 818. The average molecular weight is 322 g/mol. The number of hydrogen-bond donors (Lipinski definition) is 2. The molecule has 0 bridgehead atoms. The number of benzene rings is 1. The molecular formula is C19H22N4O. The van der Waals surface area contributed by atoms with E-state index in [0.29, 0.717) is 6.04 Å². The van der Waals surface area contributed by atoms with E-state index in [-0.39, 0.29) is 5.75 Å². The summed E-state index contributed by atoms with van der Waals surface area (Å²) < 4.78 is 2.36. The molecule has 1 atom stereocenters. The first kappa shape index (κ1) is 15.0. The van der Waals surface area contributed by atoms with Crippen LogP contribution in [-0.4, -0.2) is 31.3 Å². The van der Waals surface area contributed by atoms with E-state index >= 15 is 0 Å². The van der Waals surface area contributed by atoms with E-state index in [9.17, 15) is 5.11 Å². The van der Waals surface area contributed by atoms with Gasteiger partial charge in [0.1, 0.15) is 5.75 Å². The molecular weight excluding hydrogens is 300 g/mol. The van der Waals surface area contributed by atoms with Gasteiger partial charge in [-0.1, -0.05) is 6.92 Å². The zero-order chi connectivity index (χ0) is 16.5. The summed E-state index contributed by atoms with van der Waals surface area (Å²) >= 11 is 0. The van der Waals surface area contributed by atoms with E-state index in [1.54, 1.807) is 12.1 Å². The maximum atomic E-state index is 9.49. The lowest BCUT2D eigenvalue weighted by molar-refractivity contribution is 0.144. The van der Waals surface area contributed by atoms with Gasteiger partial charge in [-0.25, -0.2) is 0 Å². The summed E-state index contributed by atoms with van der Waals surface area (Å²) in [5.74, 6) is 0.280. The van der Waals surface area contributed by atoms with E-state index in [2.05, 4.69) is 44.9 Å². The maximum absolute atomic E-state index is 9.49. The molecule has 0 fully saturated rings. The Balaban J connectivity index is 1.60. The third-order valence-corrected chi connectivity index (χ3v) is 4.91. The van der Waals surface area contributed by atoms with Crippen molar-refractivity contribution in [3.05, 3.63) is 60.0 Å². The van der Waals surface area contributed by atoms with Crippen LogP contribution in [0.4, 0.5) is 0 Å². The predicted molar refractivity (Wildman–Crippen MR) is 93.6 cm³/mol. The van der Waals surface area contributed by atoms with E-state index < -0.39 is 0 Å². The molecule has 0 unspecified atom stereocenters. The lowest BCUT2D eigenvalue weighted by Gasteiger charge is -2.36. The molecule has 5 heteroatoms. The van der Waals surface area contributed by atoms with Gasteiger partial charge in [0.15, 0.2) is 0 Å². The molecule has 1 aliphatic heterocycles. The third kappa shape index (κ3) is 2.61. The normalized spacial score (nSPS) is 17.8. The van der Waals surface area contributed by atoms with Crippen LogP contribution < -0.4 is 0 Å². The molecule has 24 heavy (non-hydrogen) atoms. The number of hydrogen-bond acceptors (Lipinski definition) is 3. The summed E-state index contributed by atoms with van der Waals surface area (Å²) in [6.45, 7) is 5.19. The molecule has 0 saturated carbocycles. The third-order valence-electron chi connectivity index (χ3n) is 4.91. The fourth-order valence-corrected chi connectivity index (χ4v) is 3.70. The second kappa shape index (κ2) is 6.17. The summed E-state index contributed by atoms with van der Waals surface area (Å²) in [6.07, 6.45) is 5.19. The molecule has 3 heterocycles. The summed E-state index contributed by atoms with van der Waals surface area (Å²) in [5.41, 5.74) is 4.68. The van der Waals surface area contributed by atoms with E-state index in [1.807, 2.05) is 18.3 Å². The van der Waals surface area contributed by atoms with Gasteiger partial charge in [0, 0.05) is 42.7 Å². The minimum atomic E-state index is 0.280. The van der Waals surface area contributed by atoms with Gasteiger partial charge < -0.3 is 9.67 Å². The summed E-state index contributed by atoms with van der Waals surface area (Å²) in [4.78, 5) is 2.53. The van der Waals surface area contributed by atoms with Crippen LogP contribution >= 0.6 is 0 Å². The van der Waals surface area contributed by atoms with Crippen molar-refractivity contribution >= 4 is 0 Å². The van der Waals surface area contributed by atoms with Gasteiger partial charge in [0.05, 0.1) is 17.9 Å². The molecule has 0 radical (unpaired) electrons. The van der Waals surface area contributed by atoms with Crippen LogP contribution in [0.5, 0.6) is 5.75 Å². The molecule has 5 nitrogen and oxygen atoms in total. The van der Waals surface area contributed by atoms with Crippen molar-refractivity contribution < 1.29 is 5.11 Å². The van der Waals surface area contributed by atoms with Gasteiger partial charge in [-0.15, -0.1) is 0 Å². The second-order valence-electron chi connectivity index (χ2n) is 6.34. The van der Waals surface area contributed by atoms with E-state index in [4.69, 9.17) is 0 Å². The molecule has 4 rings (SSSR count). The number of rotatable bonds is 4. The van der Waals surface area contributed by atoms with Crippen LogP contribution in [-0.2, 0) is 13.1 Å². The van der Waals surface area contributed by atoms with Crippen molar-refractivity contribution in [2.75, 3.05) is 6.54 Å². The second-order valence-corrected chi connectivity index (χ2v) is 6.34. The lowest BCUT2D eigenvalue weighted by atomic mass is 10.0. The summed E-state index contributed by atoms with van der Waals surface area (Å²) in [7, 11) is 0. The molecule has 3 aromatic rings. The molecule has 1 aliphatic rings. The Morgan fingerprint density at radius 2 is 2.04 bits per heavy atom. The largest absolute Gasteiger partial charge is 0.508 e. The fraction of sp³-hybridized carbons (Fsp3) is 0.316. The average Bonchev–Trinajstić information content (AvgIpc) is 3.24. The molecule has 2 aromatic heterocycles. The van der Waals surface area contributed by atoms with Crippen LogP contribution in [0.25, 0.3) is 11.3 Å². The molecule has 124 valence electrons. The predicted octanol–water partition coefficient (Wildman–Crippen LogP) is 3.55. The number of H-pyrrole nitrogens is 1. The fourth-order valence-electron chi connectivity index (χ4n) is 3.70. The number of aromatic hydroxyl groups is 1. The Kier molecular flexibility index (Phi) is 3.86. The van der Waals surface area contributed by atoms with Gasteiger partial charge in [-0.3, -0.25) is 10.00 Å². The SMILES string of the molecule is CC[C@@H]1c2cccn2CCN1Cc1cn[nH]c1-c1ccc(O)cc1. The van der Waals surface area contributed by atoms with E-state index in [0.717, 1.165) is 37.3 Å². The summed E-state index contributed by atoms with van der Waals surface area (Å²) in [5, 5.41) is 16.9. The standard InChI is InChI=1S/C19H22N4O/c1-2-17-18-4-3-9-22(18)10-11-23(17)13-15-12-20-21-19(15)14-5-7-16(24)8-6-14/h3-9,12,17,24H,2,10-11,13H2,1H3,(H,20,21)/t17-/m1/s1. The Morgan fingerprint density at radius 3 is 2.83 bits per heavy atom. The van der Waals surface area contributed by atoms with Crippen LogP contribution in [0.2, 0.25) is 0 Å².